The van der Waals surface area contributed by atoms with E-state index in [1.807, 2.05) is 0 Å². The highest BCUT2D eigenvalue weighted by Crippen LogP contribution is 2.30. The van der Waals surface area contributed by atoms with E-state index in [4.69, 9.17) is 0 Å². The Hall–Kier alpha value is -1.12. The molecular formula is C17H24N2. The smallest absolute Gasteiger partial charge is 0.0288 e. The molecule has 0 saturated carbocycles. The molecule has 0 spiro atoms. The molecule has 0 aromatic heterocycles. The third-order valence-corrected chi connectivity index (χ3v) is 4.46. The van der Waals surface area contributed by atoms with Crippen LogP contribution in [0.1, 0.15) is 30.9 Å². The molecule has 1 saturated heterocycles. The van der Waals surface area contributed by atoms with Crippen LogP contribution in [0.2, 0.25) is 0 Å². The number of nitrogens with one attached hydrogen (secondary N) is 1. The number of rotatable bonds is 3. The summed E-state index contributed by atoms with van der Waals surface area (Å²) in [5, 5.41) is 3.43. The molecule has 3 rings (SSSR count). The lowest BCUT2D eigenvalue weighted by molar-refractivity contribution is 0.200. The van der Waals surface area contributed by atoms with Crippen LogP contribution in [0.25, 0.3) is 5.57 Å². The lowest BCUT2D eigenvalue weighted by Crippen LogP contribution is -2.47. The summed E-state index contributed by atoms with van der Waals surface area (Å²) < 4.78 is 0. The van der Waals surface area contributed by atoms with Gasteiger partial charge in [-0.1, -0.05) is 37.3 Å². The minimum atomic E-state index is 0.669. The van der Waals surface area contributed by atoms with E-state index in [1.165, 1.54) is 37.1 Å². The van der Waals surface area contributed by atoms with Gasteiger partial charge in [0.2, 0.25) is 0 Å². The maximum Gasteiger partial charge on any atom is 0.0288 e. The normalized spacial score (nSPS) is 24.5. The van der Waals surface area contributed by atoms with Crippen LogP contribution in [-0.4, -0.2) is 37.1 Å². The molecule has 2 heteroatoms. The Morgan fingerprint density at radius 2 is 1.89 bits per heavy atom. The zero-order valence-corrected chi connectivity index (χ0v) is 11.9. The van der Waals surface area contributed by atoms with Gasteiger partial charge in [0.15, 0.2) is 0 Å². The topological polar surface area (TPSA) is 15.3 Å². The third kappa shape index (κ3) is 2.90. The van der Waals surface area contributed by atoms with Gasteiger partial charge in [-0.3, -0.25) is 4.90 Å². The van der Waals surface area contributed by atoms with Crippen molar-refractivity contribution < 1.29 is 0 Å². The Kier molecular flexibility index (Phi) is 4.00. The zero-order chi connectivity index (χ0) is 13.1. The maximum atomic E-state index is 3.43. The molecule has 2 aliphatic rings. The number of hydrogen-bond donors (Lipinski definition) is 1. The summed E-state index contributed by atoms with van der Waals surface area (Å²) in [6.45, 7) is 6.90. The summed E-state index contributed by atoms with van der Waals surface area (Å²) in [6.07, 6.45) is 6.17. The molecule has 19 heavy (non-hydrogen) atoms. The summed E-state index contributed by atoms with van der Waals surface area (Å²) in [5.41, 5.74) is 4.40. The molecule has 2 nitrogen and oxygen atoms in total. The highest BCUT2D eigenvalue weighted by Gasteiger charge is 2.23. The van der Waals surface area contributed by atoms with Crippen LogP contribution in [0.3, 0.4) is 0 Å². The van der Waals surface area contributed by atoms with Crippen LogP contribution < -0.4 is 5.32 Å². The second kappa shape index (κ2) is 5.89. The number of piperazine rings is 1. The van der Waals surface area contributed by atoms with Crippen molar-refractivity contribution in [3.63, 3.8) is 0 Å². The second-order valence-corrected chi connectivity index (χ2v) is 5.63. The van der Waals surface area contributed by atoms with Crippen molar-refractivity contribution in [2.75, 3.05) is 26.2 Å². The fourth-order valence-corrected chi connectivity index (χ4v) is 3.20. The van der Waals surface area contributed by atoms with E-state index in [0.717, 1.165) is 19.5 Å². The fourth-order valence-electron chi connectivity index (χ4n) is 3.20. The van der Waals surface area contributed by atoms with Gasteiger partial charge >= 0.3 is 0 Å². The fraction of sp³-hybridized carbons (Fsp3) is 0.529. The average Bonchev–Trinajstić information content (AvgIpc) is 2.98. The van der Waals surface area contributed by atoms with Crippen molar-refractivity contribution >= 4 is 5.57 Å². The molecule has 1 aliphatic heterocycles. The number of aryl methyl sites for hydroxylation is 1. The monoisotopic (exact) mass is 256 g/mol. The van der Waals surface area contributed by atoms with E-state index in [9.17, 15) is 0 Å². The van der Waals surface area contributed by atoms with Gasteiger partial charge in [0.05, 0.1) is 0 Å². The molecule has 1 aromatic carbocycles. The van der Waals surface area contributed by atoms with Gasteiger partial charge < -0.3 is 5.32 Å². The third-order valence-electron chi connectivity index (χ3n) is 4.46. The van der Waals surface area contributed by atoms with E-state index in [1.54, 1.807) is 5.57 Å². The Labute approximate surface area is 116 Å². The molecule has 1 aromatic rings. The predicted molar refractivity (Wildman–Crippen MR) is 81.3 cm³/mol. The quantitative estimate of drug-likeness (QED) is 0.894. The van der Waals surface area contributed by atoms with Crippen LogP contribution >= 0.6 is 0 Å². The van der Waals surface area contributed by atoms with Gasteiger partial charge in [0.25, 0.3) is 0 Å². The van der Waals surface area contributed by atoms with Crippen molar-refractivity contribution in [2.45, 2.75) is 32.2 Å². The SMILES string of the molecule is CCc1ccc(C2=CC(N3CCNCC3)CC2)cc1. The first-order valence-corrected chi connectivity index (χ1v) is 7.61. The van der Waals surface area contributed by atoms with Crippen LogP contribution in [0.5, 0.6) is 0 Å². The molecule has 1 atom stereocenters. The molecule has 0 amide bonds. The highest BCUT2D eigenvalue weighted by molar-refractivity contribution is 5.68. The van der Waals surface area contributed by atoms with Gasteiger partial charge in [-0.2, -0.15) is 0 Å². The first-order chi connectivity index (χ1) is 9.36. The van der Waals surface area contributed by atoms with E-state index in [-0.39, 0.29) is 0 Å². The molecule has 1 fully saturated rings. The maximum absolute atomic E-state index is 3.43. The summed E-state index contributed by atoms with van der Waals surface area (Å²) in [6, 6.07) is 9.81. The summed E-state index contributed by atoms with van der Waals surface area (Å²) in [4.78, 5) is 2.63. The number of allylic oxidation sites excluding steroid dienone is 1. The van der Waals surface area contributed by atoms with Gasteiger partial charge in [-0.25, -0.2) is 0 Å². The molecule has 0 radical (unpaired) electrons. The van der Waals surface area contributed by atoms with E-state index < -0.39 is 0 Å². The van der Waals surface area contributed by atoms with Gasteiger partial charge in [-0.05, 0) is 36.0 Å². The standard InChI is InChI=1S/C17H24N2/c1-2-14-3-5-15(6-4-14)16-7-8-17(13-16)19-11-9-18-10-12-19/h3-6,13,17-18H,2,7-12H2,1H3. The van der Waals surface area contributed by atoms with Crippen molar-refractivity contribution in [1.82, 2.24) is 10.2 Å². The Bertz CT molecular complexity index is 441. The van der Waals surface area contributed by atoms with E-state index in [2.05, 4.69) is 47.5 Å². The minimum absolute atomic E-state index is 0.669. The Balaban J connectivity index is 1.70. The van der Waals surface area contributed by atoms with Crippen LogP contribution in [0, 0.1) is 0 Å². The Morgan fingerprint density at radius 1 is 1.16 bits per heavy atom. The van der Waals surface area contributed by atoms with E-state index in [0.29, 0.717) is 6.04 Å². The number of nitrogens with zero attached hydrogens (tertiary/aromatic N) is 1. The molecule has 0 bridgehead atoms. The van der Waals surface area contributed by atoms with Gasteiger partial charge in [-0.15, -0.1) is 0 Å². The molecule has 1 aliphatic carbocycles. The van der Waals surface area contributed by atoms with Crippen LogP contribution in [0.15, 0.2) is 30.3 Å². The molecule has 1 heterocycles. The lowest BCUT2D eigenvalue weighted by atomic mass is 10.0. The highest BCUT2D eigenvalue weighted by atomic mass is 15.2. The molecular weight excluding hydrogens is 232 g/mol. The van der Waals surface area contributed by atoms with Crippen LogP contribution in [0.4, 0.5) is 0 Å². The van der Waals surface area contributed by atoms with Crippen molar-refractivity contribution in [2.24, 2.45) is 0 Å². The van der Waals surface area contributed by atoms with Crippen molar-refractivity contribution in [3.05, 3.63) is 41.5 Å². The summed E-state index contributed by atoms with van der Waals surface area (Å²) in [5.74, 6) is 0. The molecule has 1 unspecified atom stereocenters. The second-order valence-electron chi connectivity index (χ2n) is 5.63. The predicted octanol–water partition coefficient (Wildman–Crippen LogP) is 2.70. The first kappa shape index (κ1) is 12.9. The van der Waals surface area contributed by atoms with Gasteiger partial charge in [0, 0.05) is 32.2 Å². The lowest BCUT2D eigenvalue weighted by Gasteiger charge is -2.31. The average molecular weight is 256 g/mol. The van der Waals surface area contributed by atoms with E-state index >= 15 is 0 Å². The summed E-state index contributed by atoms with van der Waals surface area (Å²) in [7, 11) is 0. The van der Waals surface area contributed by atoms with Gasteiger partial charge in [0.1, 0.15) is 0 Å². The van der Waals surface area contributed by atoms with Crippen LogP contribution in [-0.2, 0) is 6.42 Å². The zero-order valence-electron chi connectivity index (χ0n) is 11.9. The molecule has 1 N–H and O–H groups in total. The minimum Gasteiger partial charge on any atom is -0.314 e. The Morgan fingerprint density at radius 3 is 2.58 bits per heavy atom. The molecule has 102 valence electrons. The van der Waals surface area contributed by atoms with Crippen molar-refractivity contribution in [1.29, 1.82) is 0 Å². The number of benzene rings is 1. The number of hydrogen-bond acceptors (Lipinski definition) is 2. The van der Waals surface area contributed by atoms with Crippen molar-refractivity contribution in [3.8, 4) is 0 Å². The first-order valence-electron chi connectivity index (χ1n) is 7.61. The summed E-state index contributed by atoms with van der Waals surface area (Å²) >= 11 is 0. The largest absolute Gasteiger partial charge is 0.314 e.